The monoisotopic (exact) mass is 281 g/mol. The Labute approximate surface area is 119 Å². The van der Waals surface area contributed by atoms with Crippen LogP contribution in [0.1, 0.15) is 48.1 Å². The highest BCUT2D eigenvalue weighted by atomic mass is 32.1. The van der Waals surface area contributed by atoms with Crippen molar-refractivity contribution in [3.05, 3.63) is 16.1 Å². The molecule has 1 aliphatic rings. The van der Waals surface area contributed by atoms with Crippen LogP contribution in [0.4, 0.5) is 0 Å². The van der Waals surface area contributed by atoms with Crippen LogP contribution in [0.15, 0.2) is 5.38 Å². The van der Waals surface area contributed by atoms with Crippen molar-refractivity contribution in [1.82, 2.24) is 9.88 Å². The average molecular weight is 281 g/mol. The Balaban J connectivity index is 1.98. The van der Waals surface area contributed by atoms with Gasteiger partial charge in [-0.15, -0.1) is 11.3 Å². The van der Waals surface area contributed by atoms with Gasteiger partial charge in [-0.25, -0.2) is 4.98 Å². The van der Waals surface area contributed by atoms with Crippen LogP contribution in [0, 0.1) is 5.92 Å². The van der Waals surface area contributed by atoms with Crippen molar-refractivity contribution in [2.24, 2.45) is 11.7 Å². The minimum atomic E-state index is 0.0938. The van der Waals surface area contributed by atoms with Gasteiger partial charge < -0.3 is 10.6 Å². The summed E-state index contributed by atoms with van der Waals surface area (Å²) in [5.41, 5.74) is 6.11. The molecular formula is C14H23N3OS. The summed E-state index contributed by atoms with van der Waals surface area (Å²) in [7, 11) is 0. The average Bonchev–Trinajstić information content (AvgIpc) is 2.75. The summed E-state index contributed by atoms with van der Waals surface area (Å²) in [6.45, 7) is 4.57. The third kappa shape index (κ3) is 3.76. The molecule has 106 valence electrons. The minimum absolute atomic E-state index is 0.0938. The van der Waals surface area contributed by atoms with Crippen LogP contribution < -0.4 is 5.73 Å². The number of nitrogens with zero attached hydrogens (tertiary/aromatic N) is 2. The van der Waals surface area contributed by atoms with Gasteiger partial charge >= 0.3 is 0 Å². The van der Waals surface area contributed by atoms with E-state index >= 15 is 0 Å². The molecule has 1 fully saturated rings. The Morgan fingerprint density at radius 2 is 2.37 bits per heavy atom. The van der Waals surface area contributed by atoms with Gasteiger partial charge in [0.15, 0.2) is 0 Å². The molecule has 2 N–H and O–H groups in total. The normalized spacial score (nSPS) is 20.3. The quantitative estimate of drug-likeness (QED) is 0.921. The lowest BCUT2D eigenvalue weighted by molar-refractivity contribution is 0.0754. The zero-order valence-corrected chi connectivity index (χ0v) is 12.4. The van der Waals surface area contributed by atoms with E-state index in [0.717, 1.165) is 43.3 Å². The summed E-state index contributed by atoms with van der Waals surface area (Å²) in [5.74, 6) is 0.873. The van der Waals surface area contributed by atoms with Crippen molar-refractivity contribution in [2.75, 3.05) is 19.6 Å². The van der Waals surface area contributed by atoms with Crippen molar-refractivity contribution >= 4 is 17.2 Å². The van der Waals surface area contributed by atoms with E-state index in [1.54, 1.807) is 0 Å². The molecule has 19 heavy (non-hydrogen) atoms. The molecule has 1 atom stereocenters. The zero-order valence-electron chi connectivity index (χ0n) is 11.6. The largest absolute Gasteiger partial charge is 0.337 e. The standard InChI is InChI=1S/C14H23N3OS/c1-2-11-4-3-8-17(9-6-11)14(18)12-10-19-13(16-12)5-7-15/h10-11H,2-9,15H2,1H3. The first-order valence-corrected chi connectivity index (χ1v) is 8.06. The summed E-state index contributed by atoms with van der Waals surface area (Å²) < 4.78 is 0. The van der Waals surface area contributed by atoms with E-state index in [2.05, 4.69) is 11.9 Å². The van der Waals surface area contributed by atoms with Crippen LogP contribution in [-0.2, 0) is 6.42 Å². The maximum Gasteiger partial charge on any atom is 0.273 e. The molecular weight excluding hydrogens is 258 g/mol. The molecule has 0 aromatic carbocycles. The smallest absolute Gasteiger partial charge is 0.273 e. The van der Waals surface area contributed by atoms with E-state index in [1.807, 2.05) is 10.3 Å². The van der Waals surface area contributed by atoms with Gasteiger partial charge in [0.1, 0.15) is 5.69 Å². The highest BCUT2D eigenvalue weighted by Gasteiger charge is 2.22. The van der Waals surface area contributed by atoms with E-state index in [9.17, 15) is 4.79 Å². The second-order valence-electron chi connectivity index (χ2n) is 5.16. The van der Waals surface area contributed by atoms with Crippen molar-refractivity contribution < 1.29 is 4.79 Å². The van der Waals surface area contributed by atoms with Gasteiger partial charge in [0.2, 0.25) is 0 Å². The summed E-state index contributed by atoms with van der Waals surface area (Å²) in [5, 5.41) is 2.84. The topological polar surface area (TPSA) is 59.2 Å². The van der Waals surface area contributed by atoms with E-state index in [1.165, 1.54) is 24.2 Å². The summed E-state index contributed by atoms with van der Waals surface area (Å²) in [6.07, 6.45) is 5.47. The van der Waals surface area contributed by atoms with Gasteiger partial charge in [-0.2, -0.15) is 0 Å². The van der Waals surface area contributed by atoms with E-state index in [4.69, 9.17) is 5.73 Å². The third-order valence-corrected chi connectivity index (χ3v) is 4.75. The van der Waals surface area contributed by atoms with Crippen molar-refractivity contribution in [2.45, 2.75) is 39.0 Å². The van der Waals surface area contributed by atoms with Crippen LogP contribution >= 0.6 is 11.3 Å². The minimum Gasteiger partial charge on any atom is -0.337 e. The molecule has 1 saturated heterocycles. The molecule has 1 aliphatic heterocycles. The highest BCUT2D eigenvalue weighted by Crippen LogP contribution is 2.21. The fourth-order valence-electron chi connectivity index (χ4n) is 2.59. The fraction of sp³-hybridized carbons (Fsp3) is 0.714. The second kappa shape index (κ2) is 7.01. The van der Waals surface area contributed by atoms with Gasteiger partial charge in [0.05, 0.1) is 5.01 Å². The molecule has 1 amide bonds. The molecule has 0 aliphatic carbocycles. The lowest BCUT2D eigenvalue weighted by Crippen LogP contribution is -2.32. The lowest BCUT2D eigenvalue weighted by atomic mass is 9.98. The Kier molecular flexibility index (Phi) is 5.34. The molecule has 0 spiro atoms. The SMILES string of the molecule is CCC1CCCN(C(=O)c2csc(CCN)n2)CC1. The number of hydrogen-bond acceptors (Lipinski definition) is 4. The predicted molar refractivity (Wildman–Crippen MR) is 78.4 cm³/mol. The van der Waals surface area contributed by atoms with Crippen LogP contribution in [0.3, 0.4) is 0 Å². The number of thiazole rings is 1. The highest BCUT2D eigenvalue weighted by molar-refractivity contribution is 7.09. The first-order valence-electron chi connectivity index (χ1n) is 7.18. The Bertz CT molecular complexity index is 419. The van der Waals surface area contributed by atoms with Crippen LogP contribution in [0.5, 0.6) is 0 Å². The molecule has 1 aromatic heterocycles. The Hall–Kier alpha value is -0.940. The van der Waals surface area contributed by atoms with Crippen molar-refractivity contribution in [1.29, 1.82) is 0 Å². The zero-order chi connectivity index (χ0) is 13.7. The molecule has 1 unspecified atom stereocenters. The lowest BCUT2D eigenvalue weighted by Gasteiger charge is -2.19. The molecule has 0 radical (unpaired) electrons. The van der Waals surface area contributed by atoms with Gasteiger partial charge in [-0.1, -0.05) is 13.3 Å². The number of nitrogens with two attached hydrogens (primary N) is 1. The summed E-state index contributed by atoms with van der Waals surface area (Å²) in [6, 6.07) is 0. The molecule has 0 bridgehead atoms. The van der Waals surface area contributed by atoms with Crippen LogP contribution in [0.25, 0.3) is 0 Å². The summed E-state index contributed by atoms with van der Waals surface area (Å²) in [4.78, 5) is 18.8. The van der Waals surface area contributed by atoms with Gasteiger partial charge in [0, 0.05) is 24.9 Å². The third-order valence-electron chi connectivity index (χ3n) is 3.84. The van der Waals surface area contributed by atoms with Crippen LogP contribution in [-0.4, -0.2) is 35.4 Å². The molecule has 1 aromatic rings. The number of aromatic nitrogens is 1. The van der Waals surface area contributed by atoms with Gasteiger partial charge in [0.25, 0.3) is 5.91 Å². The number of likely N-dealkylation sites (tertiary alicyclic amines) is 1. The van der Waals surface area contributed by atoms with E-state index < -0.39 is 0 Å². The van der Waals surface area contributed by atoms with Crippen molar-refractivity contribution in [3.63, 3.8) is 0 Å². The Morgan fingerprint density at radius 3 is 3.11 bits per heavy atom. The van der Waals surface area contributed by atoms with E-state index in [0.29, 0.717) is 12.2 Å². The van der Waals surface area contributed by atoms with Gasteiger partial charge in [-0.05, 0) is 31.7 Å². The fourth-order valence-corrected chi connectivity index (χ4v) is 3.37. The molecule has 5 heteroatoms. The van der Waals surface area contributed by atoms with Gasteiger partial charge in [-0.3, -0.25) is 4.79 Å². The molecule has 0 saturated carbocycles. The number of carbonyl (C=O) groups is 1. The van der Waals surface area contributed by atoms with E-state index in [-0.39, 0.29) is 5.91 Å². The Morgan fingerprint density at radius 1 is 1.53 bits per heavy atom. The van der Waals surface area contributed by atoms with Crippen LogP contribution in [0.2, 0.25) is 0 Å². The molecule has 2 heterocycles. The summed E-state index contributed by atoms with van der Waals surface area (Å²) >= 11 is 1.54. The number of carbonyl (C=O) groups excluding carboxylic acids is 1. The number of amides is 1. The second-order valence-corrected chi connectivity index (χ2v) is 6.11. The predicted octanol–water partition coefficient (Wildman–Crippen LogP) is 2.30. The van der Waals surface area contributed by atoms with Crippen molar-refractivity contribution in [3.8, 4) is 0 Å². The molecule has 2 rings (SSSR count). The number of hydrogen-bond donors (Lipinski definition) is 1. The maximum absolute atomic E-state index is 12.4. The first kappa shape index (κ1) is 14.5. The maximum atomic E-state index is 12.4. The number of rotatable bonds is 4. The first-order chi connectivity index (χ1) is 9.24. The molecule has 4 nitrogen and oxygen atoms in total.